The number of allylic oxidation sites excluding steroid dienone is 1. The summed E-state index contributed by atoms with van der Waals surface area (Å²) in [5, 5.41) is 0. The molecule has 0 nitrogen and oxygen atoms in total. The Hall–Kier alpha value is -0.610. The van der Waals surface area contributed by atoms with Crippen LogP contribution in [0.15, 0.2) is 30.8 Å². The monoisotopic (exact) mass is 250 g/mol. The summed E-state index contributed by atoms with van der Waals surface area (Å²) < 4.78 is 0. The fraction of sp³-hybridized carbons (Fsp3) is 0.500. The Morgan fingerprint density at radius 3 is 1.82 bits per heavy atom. The molecule has 0 aliphatic carbocycles. The predicted octanol–water partition coefficient (Wildman–Crippen LogP) is 5.03. The minimum absolute atomic E-state index is 1.03. The van der Waals surface area contributed by atoms with Crippen LogP contribution in [0.4, 0.5) is 0 Å². The van der Waals surface area contributed by atoms with Gasteiger partial charge in [-0.2, -0.15) is 0 Å². The van der Waals surface area contributed by atoms with Crippen molar-refractivity contribution in [1.82, 2.24) is 0 Å². The van der Waals surface area contributed by atoms with Gasteiger partial charge in [0.05, 0.1) is 0 Å². The molecular weight excluding hydrogens is 223 g/mol. The van der Waals surface area contributed by atoms with Crippen LogP contribution < -0.4 is 0 Å². The molecule has 1 aromatic carbocycles. The maximum absolute atomic E-state index is 3.99. The first-order chi connectivity index (χ1) is 8.06. The van der Waals surface area contributed by atoms with Crippen LogP contribution in [0.3, 0.4) is 0 Å². The van der Waals surface area contributed by atoms with Crippen molar-refractivity contribution in [2.24, 2.45) is 0 Å². The molecule has 0 radical (unpaired) electrons. The fourth-order valence-corrected chi connectivity index (χ4v) is 5.82. The Morgan fingerprint density at radius 1 is 1.00 bits per heavy atom. The number of benzene rings is 1. The van der Waals surface area contributed by atoms with Crippen molar-refractivity contribution in [2.45, 2.75) is 33.9 Å². The van der Waals surface area contributed by atoms with Crippen LogP contribution in [0.5, 0.6) is 0 Å². The third-order valence-corrected chi connectivity index (χ3v) is 9.93. The Balaban J connectivity index is 2.84. The van der Waals surface area contributed by atoms with Gasteiger partial charge in [-0.25, -0.2) is 0 Å². The molecule has 0 aliphatic heterocycles. The van der Waals surface area contributed by atoms with Gasteiger partial charge in [-0.15, -0.1) is 0 Å². The van der Waals surface area contributed by atoms with E-state index in [1.807, 2.05) is 0 Å². The van der Waals surface area contributed by atoms with Gasteiger partial charge in [0, 0.05) is 0 Å². The quantitative estimate of drug-likeness (QED) is 0.621. The maximum atomic E-state index is 3.99. The number of hydrogen-bond donors (Lipinski definition) is 0. The molecule has 0 amide bonds. The van der Waals surface area contributed by atoms with Crippen LogP contribution in [0.25, 0.3) is 5.57 Å². The van der Waals surface area contributed by atoms with Gasteiger partial charge in [0.2, 0.25) is 0 Å². The van der Waals surface area contributed by atoms with Crippen molar-refractivity contribution in [3.63, 3.8) is 0 Å². The first kappa shape index (κ1) is 14.5. The van der Waals surface area contributed by atoms with Crippen LogP contribution in [0, 0.1) is 0 Å². The SMILES string of the molecule is C=C(C)c1ccc(C[PH](CC)(CC)CC)cc1. The van der Waals surface area contributed by atoms with E-state index in [9.17, 15) is 0 Å². The van der Waals surface area contributed by atoms with E-state index < -0.39 is 7.26 Å². The van der Waals surface area contributed by atoms with Crippen LogP contribution in [0.1, 0.15) is 38.8 Å². The zero-order valence-corrected chi connectivity index (χ0v) is 12.8. The molecule has 17 heavy (non-hydrogen) atoms. The summed E-state index contributed by atoms with van der Waals surface area (Å²) in [7, 11) is -1.03. The second-order valence-electron chi connectivity index (χ2n) is 5.21. The molecule has 0 fully saturated rings. The van der Waals surface area contributed by atoms with E-state index in [4.69, 9.17) is 0 Å². The molecule has 96 valence electrons. The molecule has 0 saturated carbocycles. The molecule has 0 spiro atoms. The molecule has 0 saturated heterocycles. The molecule has 0 heterocycles. The molecule has 0 aromatic heterocycles. The van der Waals surface area contributed by atoms with Crippen molar-refractivity contribution >= 4 is 12.8 Å². The Bertz CT molecular complexity index is 349. The molecule has 0 aliphatic rings. The standard InChI is InChI=1S/C16H27P/c1-6-17(7-2,8-3)13-15-9-11-16(12-10-15)14(4)5/h9-12,17H,4,6-8,13H2,1-3,5H3. The average molecular weight is 250 g/mol. The van der Waals surface area contributed by atoms with Crippen molar-refractivity contribution in [2.75, 3.05) is 18.5 Å². The van der Waals surface area contributed by atoms with Gasteiger partial charge in [0.25, 0.3) is 0 Å². The Morgan fingerprint density at radius 2 is 1.47 bits per heavy atom. The Labute approximate surface area is 107 Å². The van der Waals surface area contributed by atoms with Gasteiger partial charge in [0.15, 0.2) is 0 Å². The van der Waals surface area contributed by atoms with E-state index >= 15 is 0 Å². The summed E-state index contributed by atoms with van der Waals surface area (Å²) in [5.74, 6) is 0. The van der Waals surface area contributed by atoms with Crippen molar-refractivity contribution in [3.05, 3.63) is 42.0 Å². The first-order valence-electron chi connectivity index (χ1n) is 6.81. The zero-order chi connectivity index (χ0) is 12.9. The molecular formula is C16H27P. The van der Waals surface area contributed by atoms with Gasteiger partial charge in [0.1, 0.15) is 0 Å². The van der Waals surface area contributed by atoms with Gasteiger partial charge >= 0.3 is 107 Å². The summed E-state index contributed by atoms with van der Waals surface area (Å²) in [6.45, 7) is 13.2. The van der Waals surface area contributed by atoms with E-state index in [1.165, 1.54) is 35.8 Å². The van der Waals surface area contributed by atoms with E-state index in [0.717, 1.165) is 5.57 Å². The molecule has 0 atom stereocenters. The van der Waals surface area contributed by atoms with Crippen molar-refractivity contribution in [3.8, 4) is 0 Å². The fourth-order valence-electron chi connectivity index (χ4n) is 2.47. The molecule has 0 bridgehead atoms. The second kappa shape index (κ2) is 6.36. The summed E-state index contributed by atoms with van der Waals surface area (Å²) >= 11 is 0. The first-order valence-corrected chi connectivity index (χ1v) is 9.64. The third kappa shape index (κ3) is 3.68. The molecule has 1 rings (SSSR count). The minimum atomic E-state index is -1.03. The Kier molecular flexibility index (Phi) is 5.40. The molecule has 1 aromatic rings. The average Bonchev–Trinajstić information content (AvgIpc) is 2.37. The van der Waals surface area contributed by atoms with E-state index in [2.05, 4.69) is 58.5 Å². The van der Waals surface area contributed by atoms with E-state index in [0.29, 0.717) is 0 Å². The predicted molar refractivity (Wildman–Crippen MR) is 84.8 cm³/mol. The third-order valence-electron chi connectivity index (χ3n) is 4.28. The summed E-state index contributed by atoms with van der Waals surface area (Å²) in [6, 6.07) is 9.04. The van der Waals surface area contributed by atoms with Crippen LogP contribution in [0.2, 0.25) is 0 Å². The van der Waals surface area contributed by atoms with Gasteiger partial charge in [-0.05, 0) is 0 Å². The van der Waals surface area contributed by atoms with Crippen LogP contribution in [-0.2, 0) is 6.16 Å². The van der Waals surface area contributed by atoms with Crippen molar-refractivity contribution in [1.29, 1.82) is 0 Å². The van der Waals surface area contributed by atoms with Gasteiger partial charge in [-0.1, -0.05) is 0 Å². The summed E-state index contributed by atoms with van der Waals surface area (Å²) in [6.07, 6.45) is 5.56. The number of hydrogen-bond acceptors (Lipinski definition) is 0. The van der Waals surface area contributed by atoms with Gasteiger partial charge in [-0.3, -0.25) is 0 Å². The van der Waals surface area contributed by atoms with Gasteiger partial charge < -0.3 is 0 Å². The van der Waals surface area contributed by atoms with Crippen LogP contribution in [-0.4, -0.2) is 18.5 Å². The van der Waals surface area contributed by atoms with E-state index in [1.54, 1.807) is 0 Å². The molecule has 1 heteroatoms. The van der Waals surface area contributed by atoms with E-state index in [-0.39, 0.29) is 0 Å². The molecule has 0 unspecified atom stereocenters. The van der Waals surface area contributed by atoms with Crippen LogP contribution >= 0.6 is 7.26 Å². The summed E-state index contributed by atoms with van der Waals surface area (Å²) in [5.41, 5.74) is 3.94. The molecule has 0 N–H and O–H groups in total. The topological polar surface area (TPSA) is 0 Å². The number of rotatable bonds is 6. The van der Waals surface area contributed by atoms with Crippen molar-refractivity contribution < 1.29 is 0 Å². The summed E-state index contributed by atoms with van der Waals surface area (Å²) in [4.78, 5) is 0. The zero-order valence-electron chi connectivity index (χ0n) is 11.8. The second-order valence-corrected chi connectivity index (χ2v) is 10.7. The normalized spacial score (nSPS) is 12.5.